The van der Waals surface area contributed by atoms with Crippen LogP contribution < -0.4 is 22.8 Å². The number of aryl methyl sites for hydroxylation is 21. The van der Waals surface area contributed by atoms with Crippen LogP contribution in [0.25, 0.3) is 141 Å². The lowest BCUT2D eigenvalue weighted by Crippen LogP contribution is -2.32. The molecule has 10 heteroatoms. The van der Waals surface area contributed by atoms with E-state index in [0.29, 0.717) is 29.6 Å². The van der Waals surface area contributed by atoms with Gasteiger partial charge in [-0.2, -0.15) is 22.8 Å². The number of hydrogen-bond acceptors (Lipinski definition) is 0. The Morgan fingerprint density at radius 2 is 0.531 bits per heavy atom. The normalized spacial score (nSPS) is 11.4. The van der Waals surface area contributed by atoms with Crippen LogP contribution >= 0.6 is 0 Å². The van der Waals surface area contributed by atoms with Gasteiger partial charge in [-0.25, -0.2) is 0 Å². The van der Waals surface area contributed by atoms with Gasteiger partial charge in [-0.1, -0.05) is 269 Å². The third kappa shape index (κ3) is 21.4. The highest BCUT2D eigenvalue weighted by Gasteiger charge is 2.33. The molecule has 0 saturated carbocycles. The molecule has 0 aliphatic carbocycles. The molecule has 0 aliphatic rings. The summed E-state index contributed by atoms with van der Waals surface area (Å²) in [5.74, 6) is 2.19. The van der Waals surface area contributed by atoms with Crippen LogP contribution in [-0.2, 0) is 35.2 Å². The average molecular weight is 1940 g/mol. The lowest BCUT2D eigenvalue weighted by atomic mass is 9.88. The van der Waals surface area contributed by atoms with Gasteiger partial charge in [0.05, 0.1) is 33.8 Å². The predicted octanol–water partition coefficient (Wildman–Crippen LogP) is 32.7. The quantitative estimate of drug-likeness (QED) is 0.0769. The van der Waals surface area contributed by atoms with E-state index in [2.05, 4.69) is 596 Å². The molecule has 0 saturated heterocycles. The molecule has 20 rings (SSSR count). The summed E-state index contributed by atoms with van der Waals surface area (Å²) < 4.78 is 23.4. The van der Waals surface area contributed by atoms with Gasteiger partial charge in [0.15, 0.2) is 31.0 Å². The molecule has 0 N–H and O–H groups in total. The fourth-order valence-electron chi connectivity index (χ4n) is 22.0. The number of rotatable bonds is 18. The Balaban J connectivity index is 0.000000133. The van der Waals surface area contributed by atoms with Crippen LogP contribution in [0.4, 0.5) is 0 Å². The lowest BCUT2D eigenvalue weighted by Gasteiger charge is -2.24. The molecule has 0 atom stereocenters. The number of benzene rings is 10. The minimum Gasteiger partial charge on any atom is -0.311 e. The summed E-state index contributed by atoms with van der Waals surface area (Å²) in [6.45, 7) is 58.0. The molecule has 10 heterocycles. The van der Waals surface area contributed by atoms with Crippen LogP contribution in [0.15, 0.2) is 335 Å². The van der Waals surface area contributed by atoms with E-state index in [9.17, 15) is 0 Å². The Hall–Kier alpha value is -15.1. The molecule has 0 bridgehead atoms. The number of fused-ring (bicyclic) bond motifs is 2. The summed E-state index contributed by atoms with van der Waals surface area (Å²) in [6.07, 6.45) is 17.7. The average Bonchev–Trinajstić information content (AvgIpc) is 1.53. The van der Waals surface area contributed by atoms with Gasteiger partial charge in [-0.15, -0.1) is 0 Å². The fourth-order valence-corrected chi connectivity index (χ4v) is 22.0. The second-order valence-corrected chi connectivity index (χ2v) is 42.8. The maximum Gasteiger partial charge on any atom is 0.229 e. The first kappa shape index (κ1) is 105. The van der Waals surface area contributed by atoms with E-state index < -0.39 is 0 Å². The zero-order valence-corrected chi connectivity index (χ0v) is 93.1. The van der Waals surface area contributed by atoms with Crippen LogP contribution in [0.3, 0.4) is 0 Å². The largest absolute Gasteiger partial charge is 0.311 e. The van der Waals surface area contributed by atoms with Gasteiger partial charge in [0.2, 0.25) is 28.5 Å². The predicted molar refractivity (Wildman–Crippen MR) is 619 cm³/mol. The second kappa shape index (κ2) is 44.4. The van der Waals surface area contributed by atoms with E-state index in [4.69, 9.17) is 0 Å². The fraction of sp³-hybridized carbons (Fsp3) is 0.263. The molecule has 0 aliphatic heterocycles. The van der Waals surface area contributed by atoms with Crippen LogP contribution in [0.1, 0.15) is 216 Å². The second-order valence-electron chi connectivity index (χ2n) is 42.8. The van der Waals surface area contributed by atoms with E-state index >= 15 is 0 Å². The summed E-state index contributed by atoms with van der Waals surface area (Å²) in [7, 11) is 10.7. The molecule has 0 unspecified atom stereocenters. The van der Waals surface area contributed by atoms with Gasteiger partial charge in [-0.3, -0.25) is 0 Å². The summed E-state index contributed by atoms with van der Waals surface area (Å²) in [5, 5.41) is 2.58. The Kier molecular flexibility index (Phi) is 31.7. The van der Waals surface area contributed by atoms with Crippen LogP contribution in [0, 0.1) is 111 Å². The van der Waals surface area contributed by atoms with Crippen molar-refractivity contribution in [2.24, 2.45) is 35.2 Å². The molecular weight excluding hydrogens is 1790 g/mol. The van der Waals surface area contributed by atoms with Gasteiger partial charge in [0, 0.05) is 104 Å². The molecule has 746 valence electrons. The lowest BCUT2D eigenvalue weighted by molar-refractivity contribution is -0.661. The molecule has 0 fully saturated rings. The van der Waals surface area contributed by atoms with Crippen molar-refractivity contribution in [1.29, 1.82) is 0 Å². The Labute approximate surface area is 876 Å². The van der Waals surface area contributed by atoms with Gasteiger partial charge in [0.1, 0.15) is 63.7 Å². The summed E-state index contributed by atoms with van der Waals surface area (Å²) in [6, 6.07) is 104. The highest BCUT2D eigenvalue weighted by Crippen LogP contribution is 2.47. The molecule has 10 aromatic carbocycles. The Morgan fingerprint density at radius 1 is 0.204 bits per heavy atom. The Morgan fingerprint density at radius 3 is 0.925 bits per heavy atom. The van der Waals surface area contributed by atoms with E-state index in [0.717, 1.165) is 0 Å². The van der Waals surface area contributed by atoms with Crippen molar-refractivity contribution in [2.45, 2.75) is 210 Å². The van der Waals surface area contributed by atoms with E-state index in [1.54, 1.807) is 0 Å². The van der Waals surface area contributed by atoms with Crippen molar-refractivity contribution in [3.63, 3.8) is 0 Å². The minimum absolute atomic E-state index is 0.377. The monoisotopic (exact) mass is 1940 g/mol. The summed E-state index contributed by atoms with van der Waals surface area (Å²) in [4.78, 5) is 0. The van der Waals surface area contributed by atoms with Gasteiger partial charge in [0.25, 0.3) is 0 Å². The first-order valence-electron chi connectivity index (χ1n) is 52.7. The number of nitrogens with zero attached hydrogens (tertiary/aromatic N) is 10. The molecule has 10 aromatic heterocycles. The van der Waals surface area contributed by atoms with E-state index in [1.807, 2.05) is 0 Å². The standard InChI is InChI=1S/C34H29N2.C34H37N2.C25H33N2.2C22H27N2/c1-24-21-22-32(35(3)23-24)33-25(2)28-17-10-11-20-31(28)36(33)34-29(26-13-6-4-7-14-26)18-12-19-30(34)27-15-8-5-9-16-27;1-22(2)29-19-27(26-13-9-8-10-14-26)20-30(23(3)4)34(29)36-31-16-12-11-15-28(31)25(6)33(36)32-18-17-24(5)21-35(32)7;1-16(2)21-10-9-11-22(17(3)4)25(21)27-13-12-18(5)24(27)23-14-19(6)20(7)15-26(23)8;1-14-10-17(4)21(18(5)11-14)24-9-8-15(2)22(24)20-12-16(3)19(6)13-23(20)7;1-15(2)19-9-7-8-10-20(19)24-12-11-16(3)22(24)21-13-17(4)18(5)14-23(21)6/h4-23H,1-3H3;8-23H,1-7H3;9-17H,1-8H3;8-13H,1-7H3;7-15H,1-6H3/q5*+1. The number of hydrogen-bond donors (Lipinski definition) is 0. The Bertz CT molecular complexity index is 8090. The molecule has 0 radical (unpaired) electrons. The number of pyridine rings is 5. The first-order valence-corrected chi connectivity index (χ1v) is 52.7. The third-order valence-electron chi connectivity index (χ3n) is 30.0. The molecule has 147 heavy (non-hydrogen) atoms. The highest BCUT2D eigenvalue weighted by atomic mass is 15.1. The van der Waals surface area contributed by atoms with Crippen LogP contribution in [0.5, 0.6) is 0 Å². The third-order valence-corrected chi connectivity index (χ3v) is 30.0. The summed E-state index contributed by atoms with van der Waals surface area (Å²) >= 11 is 0. The van der Waals surface area contributed by atoms with Gasteiger partial charge < -0.3 is 22.8 Å². The minimum atomic E-state index is 0.377. The first-order chi connectivity index (χ1) is 70.3. The molecule has 0 spiro atoms. The van der Waals surface area contributed by atoms with Crippen molar-refractivity contribution in [3.05, 3.63) is 452 Å². The molecule has 10 nitrogen and oxygen atoms in total. The maximum atomic E-state index is 2.55. The molecular formula is C137H153N10+5. The van der Waals surface area contributed by atoms with Gasteiger partial charge >= 0.3 is 0 Å². The number of aromatic nitrogens is 10. The molecule has 0 amide bonds. The smallest absolute Gasteiger partial charge is 0.229 e. The molecule has 20 aromatic rings. The zero-order valence-electron chi connectivity index (χ0n) is 93.1. The highest BCUT2D eigenvalue weighted by molar-refractivity contribution is 5.98. The van der Waals surface area contributed by atoms with Crippen LogP contribution in [-0.4, -0.2) is 22.8 Å². The topological polar surface area (TPSA) is 44.0 Å². The van der Waals surface area contributed by atoms with Crippen molar-refractivity contribution in [1.82, 2.24) is 22.8 Å². The van der Waals surface area contributed by atoms with Crippen molar-refractivity contribution in [3.8, 4) is 119 Å². The van der Waals surface area contributed by atoms with Gasteiger partial charge in [-0.05, 0) is 307 Å². The van der Waals surface area contributed by atoms with E-state index in [-0.39, 0.29) is 0 Å². The SMILES string of the molecule is Cc1cc(-c2c(C)ccn2-c2c(C(C)C)cccc2C(C)C)[n+](C)cc1C.Cc1cc(-c2c(C)ccn2-c2ccccc2C(C)C)[n+](C)cc1C.Cc1cc(C)c(-n2ccc(C)c2-c2cc(C)c(C)c[n+]2C)c(C)c1.Cc1ccc(-c2c(C)c3ccccc3n2-c2c(-c3ccccc3)cccc2-c2ccccc2)[n+](C)c1.Cc1ccc(-c2c(C)c3ccccc3n2-c2c(C(C)C)cc(-c3ccccc3)cc2C(C)C)[n+](C)c1. The maximum absolute atomic E-state index is 2.55. The van der Waals surface area contributed by atoms with Crippen molar-refractivity contribution < 1.29 is 22.8 Å². The van der Waals surface area contributed by atoms with E-state index in [1.165, 1.54) is 257 Å². The number of para-hydroxylation sites is 5. The summed E-state index contributed by atoms with van der Waals surface area (Å²) in [5.41, 5.74) is 56.7. The van der Waals surface area contributed by atoms with Crippen molar-refractivity contribution >= 4 is 21.8 Å². The van der Waals surface area contributed by atoms with Crippen LogP contribution in [0.2, 0.25) is 0 Å². The zero-order chi connectivity index (χ0) is 105. The van der Waals surface area contributed by atoms with Crippen molar-refractivity contribution in [2.75, 3.05) is 0 Å².